The van der Waals surface area contributed by atoms with Crippen LogP contribution in [-0.2, 0) is 9.59 Å². The number of aryl methyl sites for hydroxylation is 1. The lowest BCUT2D eigenvalue weighted by molar-refractivity contribution is -0.126. The predicted molar refractivity (Wildman–Crippen MR) is 103 cm³/mol. The quantitative estimate of drug-likeness (QED) is 0.749. The molecule has 3 atom stereocenters. The first-order valence-electron chi connectivity index (χ1n) is 9.30. The van der Waals surface area contributed by atoms with E-state index in [-0.39, 0.29) is 23.8 Å². The average molecular weight is 382 g/mol. The molecule has 3 fully saturated rings. The zero-order chi connectivity index (χ0) is 18.7. The van der Waals surface area contributed by atoms with Gasteiger partial charge in [0.05, 0.1) is 17.6 Å². The second kappa shape index (κ2) is 6.16. The molecule has 0 N–H and O–H groups in total. The summed E-state index contributed by atoms with van der Waals surface area (Å²) < 4.78 is 0. The number of carbonyl (C=O) groups excluding carboxylic acids is 2. The van der Waals surface area contributed by atoms with Crippen molar-refractivity contribution in [2.45, 2.75) is 25.4 Å². The van der Waals surface area contributed by atoms with Gasteiger partial charge in [-0.2, -0.15) is 0 Å². The van der Waals surface area contributed by atoms with Gasteiger partial charge < -0.3 is 0 Å². The topological polar surface area (TPSA) is 43.9 Å². The van der Waals surface area contributed by atoms with Gasteiger partial charge in [-0.05, 0) is 36.6 Å². The summed E-state index contributed by atoms with van der Waals surface area (Å²) in [7, 11) is 0. The summed E-state index contributed by atoms with van der Waals surface area (Å²) in [6.45, 7) is 3.59. The Hall–Kier alpha value is -2.21. The van der Waals surface area contributed by atoms with Crippen LogP contribution in [0.25, 0.3) is 0 Å². The molecule has 0 aliphatic carbocycles. The number of rotatable bonds is 2. The molecular weight excluding hydrogens is 362 g/mol. The van der Waals surface area contributed by atoms with E-state index < -0.39 is 6.04 Å². The number of hydrogen-bond acceptors (Lipinski definition) is 4. The van der Waals surface area contributed by atoms with Crippen molar-refractivity contribution in [2.75, 3.05) is 18.0 Å². The van der Waals surface area contributed by atoms with E-state index in [9.17, 15) is 9.59 Å². The first-order valence-corrected chi connectivity index (χ1v) is 9.68. The molecule has 6 heteroatoms. The Kier molecular flexibility index (Phi) is 3.86. The molecule has 0 spiro atoms. The third kappa shape index (κ3) is 2.39. The van der Waals surface area contributed by atoms with Crippen LogP contribution in [0.1, 0.15) is 23.6 Å². The summed E-state index contributed by atoms with van der Waals surface area (Å²) in [6, 6.07) is 14.9. The molecule has 138 valence electrons. The van der Waals surface area contributed by atoms with E-state index in [1.807, 2.05) is 43.3 Å². The summed E-state index contributed by atoms with van der Waals surface area (Å²) in [4.78, 5) is 28.1. The summed E-state index contributed by atoms with van der Waals surface area (Å²) in [5, 5.41) is 4.89. The predicted octanol–water partition coefficient (Wildman–Crippen LogP) is 3.18. The number of imide groups is 1. The Morgan fingerprint density at radius 3 is 2.33 bits per heavy atom. The van der Waals surface area contributed by atoms with E-state index in [1.54, 1.807) is 12.1 Å². The minimum absolute atomic E-state index is 0.0962. The number of anilines is 1. The number of fused-ring (bicyclic) bond motifs is 3. The summed E-state index contributed by atoms with van der Waals surface area (Å²) in [5.41, 5.74) is 2.57. The summed E-state index contributed by atoms with van der Waals surface area (Å²) in [6.07, 6.45) is 1.00. The standard InChI is InChI=1S/C21H20ClN3O2/c1-13-8-9-15(12-16(13)22)25-20(26)17-18(14-6-3-2-4-7-14)23-10-5-11-24(23)19(17)21(25)27/h2-4,6-9,12,17-19H,5,10-11H2,1H3/t17-,18-,19-/m0/s1. The average Bonchev–Trinajstić information content (AvgIpc) is 3.31. The molecule has 0 saturated carbocycles. The van der Waals surface area contributed by atoms with Crippen molar-refractivity contribution in [3.05, 3.63) is 64.7 Å². The molecule has 3 saturated heterocycles. The SMILES string of the molecule is Cc1ccc(N2C(=O)[C@@H]3[C@@H](C2=O)N2CCCN2[C@H]3c2ccccc2)cc1Cl. The largest absolute Gasteiger partial charge is 0.274 e. The van der Waals surface area contributed by atoms with Gasteiger partial charge in [-0.15, -0.1) is 0 Å². The molecule has 2 aromatic rings. The highest BCUT2D eigenvalue weighted by molar-refractivity contribution is 6.32. The lowest BCUT2D eigenvalue weighted by atomic mass is 9.90. The Morgan fingerprint density at radius 1 is 0.926 bits per heavy atom. The molecule has 5 rings (SSSR count). The highest BCUT2D eigenvalue weighted by atomic mass is 35.5. The lowest BCUT2D eigenvalue weighted by Gasteiger charge is -2.29. The van der Waals surface area contributed by atoms with E-state index in [2.05, 4.69) is 10.0 Å². The van der Waals surface area contributed by atoms with Crippen LogP contribution in [0, 0.1) is 12.8 Å². The Balaban J connectivity index is 1.59. The maximum Gasteiger partial charge on any atom is 0.253 e. The Labute approximate surface area is 163 Å². The molecule has 27 heavy (non-hydrogen) atoms. The fraction of sp³-hybridized carbons (Fsp3) is 0.333. The Bertz CT molecular complexity index is 932. The smallest absolute Gasteiger partial charge is 0.253 e. The van der Waals surface area contributed by atoms with Crippen LogP contribution < -0.4 is 4.90 Å². The third-order valence-corrected chi connectivity index (χ3v) is 6.37. The molecule has 0 bridgehead atoms. The van der Waals surface area contributed by atoms with E-state index in [1.165, 1.54) is 4.90 Å². The van der Waals surface area contributed by atoms with Crippen molar-refractivity contribution < 1.29 is 9.59 Å². The van der Waals surface area contributed by atoms with Crippen molar-refractivity contribution >= 4 is 29.1 Å². The van der Waals surface area contributed by atoms with Crippen LogP contribution in [0.15, 0.2) is 48.5 Å². The van der Waals surface area contributed by atoms with Crippen LogP contribution >= 0.6 is 11.6 Å². The van der Waals surface area contributed by atoms with E-state index in [4.69, 9.17) is 11.6 Å². The number of halogens is 1. The molecule has 2 amide bonds. The number of carbonyl (C=O) groups is 2. The minimum Gasteiger partial charge on any atom is -0.274 e. The van der Waals surface area contributed by atoms with Crippen molar-refractivity contribution in [1.82, 2.24) is 10.0 Å². The molecule has 2 aromatic carbocycles. The van der Waals surface area contributed by atoms with Crippen molar-refractivity contribution in [3.8, 4) is 0 Å². The van der Waals surface area contributed by atoms with Gasteiger partial charge in [0, 0.05) is 18.1 Å². The molecular formula is C21H20ClN3O2. The van der Waals surface area contributed by atoms with Crippen LogP contribution in [0.2, 0.25) is 5.02 Å². The zero-order valence-electron chi connectivity index (χ0n) is 15.0. The number of hydrazine groups is 1. The second-order valence-electron chi connectivity index (χ2n) is 7.45. The monoisotopic (exact) mass is 381 g/mol. The third-order valence-electron chi connectivity index (χ3n) is 5.96. The molecule has 3 heterocycles. The van der Waals surface area contributed by atoms with Crippen molar-refractivity contribution in [1.29, 1.82) is 0 Å². The van der Waals surface area contributed by atoms with Gasteiger partial charge in [0.1, 0.15) is 6.04 Å². The van der Waals surface area contributed by atoms with Gasteiger partial charge in [-0.1, -0.05) is 48.0 Å². The van der Waals surface area contributed by atoms with Gasteiger partial charge in [0.25, 0.3) is 5.91 Å². The number of hydrogen-bond donors (Lipinski definition) is 0. The van der Waals surface area contributed by atoms with E-state index in [0.29, 0.717) is 10.7 Å². The molecule has 0 unspecified atom stereocenters. The molecule has 3 aliphatic rings. The summed E-state index contributed by atoms with van der Waals surface area (Å²) >= 11 is 6.25. The fourth-order valence-electron chi connectivity index (χ4n) is 4.74. The highest BCUT2D eigenvalue weighted by Gasteiger charge is 2.62. The lowest BCUT2D eigenvalue weighted by Crippen LogP contribution is -2.44. The minimum atomic E-state index is -0.426. The van der Waals surface area contributed by atoms with Crippen LogP contribution in [0.3, 0.4) is 0 Å². The Morgan fingerprint density at radius 2 is 1.63 bits per heavy atom. The fourth-order valence-corrected chi connectivity index (χ4v) is 4.91. The van der Waals surface area contributed by atoms with Crippen molar-refractivity contribution in [2.24, 2.45) is 5.92 Å². The van der Waals surface area contributed by atoms with E-state index in [0.717, 1.165) is 30.6 Å². The zero-order valence-corrected chi connectivity index (χ0v) is 15.8. The number of amides is 2. The number of benzene rings is 2. The normalized spacial score (nSPS) is 28.1. The van der Waals surface area contributed by atoms with Crippen molar-refractivity contribution in [3.63, 3.8) is 0 Å². The van der Waals surface area contributed by atoms with Gasteiger partial charge in [0.15, 0.2) is 0 Å². The maximum absolute atomic E-state index is 13.4. The first-order chi connectivity index (χ1) is 13.1. The van der Waals surface area contributed by atoms with Gasteiger partial charge in [-0.25, -0.2) is 14.9 Å². The molecule has 5 nitrogen and oxygen atoms in total. The van der Waals surface area contributed by atoms with Crippen LogP contribution in [0.4, 0.5) is 5.69 Å². The first kappa shape index (κ1) is 16.9. The van der Waals surface area contributed by atoms with Crippen LogP contribution in [0.5, 0.6) is 0 Å². The number of nitrogens with zero attached hydrogens (tertiary/aromatic N) is 3. The van der Waals surface area contributed by atoms with Gasteiger partial charge in [0.2, 0.25) is 5.91 Å². The maximum atomic E-state index is 13.4. The highest BCUT2D eigenvalue weighted by Crippen LogP contribution is 2.49. The molecule has 3 aliphatic heterocycles. The van der Waals surface area contributed by atoms with Gasteiger partial charge >= 0.3 is 0 Å². The second-order valence-corrected chi connectivity index (χ2v) is 7.86. The van der Waals surface area contributed by atoms with Crippen LogP contribution in [-0.4, -0.2) is 41.0 Å². The van der Waals surface area contributed by atoms with E-state index >= 15 is 0 Å². The van der Waals surface area contributed by atoms with Gasteiger partial charge in [-0.3, -0.25) is 9.59 Å². The molecule has 0 radical (unpaired) electrons. The summed E-state index contributed by atoms with van der Waals surface area (Å²) in [5.74, 6) is -0.663. The molecule has 0 aromatic heterocycles.